The minimum Gasteiger partial charge on any atom is -0.346 e. The van der Waals surface area contributed by atoms with Crippen LogP contribution in [0, 0.1) is 0 Å². The molecule has 0 fully saturated rings. The fraction of sp³-hybridized carbons (Fsp3) is 0.231. The molecule has 0 saturated heterocycles. The second-order valence-corrected chi connectivity index (χ2v) is 5.23. The van der Waals surface area contributed by atoms with Crippen LogP contribution in [-0.4, -0.2) is 31.9 Å². The number of carbonyl (C=O) groups is 1. The quantitative estimate of drug-likeness (QED) is 0.793. The molecule has 1 amide bonds. The molecule has 1 atom stereocenters. The lowest BCUT2D eigenvalue weighted by molar-refractivity contribution is 0.0932. The topological polar surface area (TPSA) is 72.7 Å². The van der Waals surface area contributed by atoms with E-state index < -0.39 is 0 Å². The monoisotopic (exact) mass is 287 g/mol. The molecule has 0 spiro atoms. The number of para-hydroxylation sites is 1. The maximum Gasteiger partial charge on any atom is 0.271 e. The summed E-state index contributed by atoms with van der Waals surface area (Å²) >= 11 is 1.40. The minimum absolute atomic E-state index is 0.0608. The normalized spacial score (nSPS) is 12.4. The zero-order chi connectivity index (χ0) is 13.9. The van der Waals surface area contributed by atoms with Crippen molar-refractivity contribution in [1.29, 1.82) is 0 Å². The first kappa shape index (κ1) is 12.7. The van der Waals surface area contributed by atoms with E-state index in [2.05, 4.69) is 20.6 Å². The highest BCUT2D eigenvalue weighted by Gasteiger charge is 2.13. The molecule has 6 nitrogen and oxygen atoms in total. The Hall–Kier alpha value is -2.28. The van der Waals surface area contributed by atoms with E-state index in [1.54, 1.807) is 15.6 Å². The van der Waals surface area contributed by atoms with Crippen LogP contribution in [-0.2, 0) is 6.54 Å². The molecule has 20 heavy (non-hydrogen) atoms. The molecule has 0 aliphatic carbocycles. The van der Waals surface area contributed by atoms with Crippen LogP contribution >= 0.6 is 11.3 Å². The SMILES string of the molecule is C[C@@H](Cn1nnc2ccccc21)NC(=O)c1cscn1. The van der Waals surface area contributed by atoms with Gasteiger partial charge in [-0.15, -0.1) is 16.4 Å². The van der Waals surface area contributed by atoms with E-state index in [-0.39, 0.29) is 11.9 Å². The van der Waals surface area contributed by atoms with Gasteiger partial charge in [-0.3, -0.25) is 4.79 Å². The summed E-state index contributed by atoms with van der Waals surface area (Å²) in [4.78, 5) is 15.9. The molecule has 0 aliphatic rings. The predicted octanol–water partition coefficient (Wildman–Crippen LogP) is 1.71. The fourth-order valence-electron chi connectivity index (χ4n) is 1.98. The molecule has 0 unspecified atom stereocenters. The van der Waals surface area contributed by atoms with Gasteiger partial charge in [0.05, 0.1) is 17.6 Å². The van der Waals surface area contributed by atoms with E-state index in [4.69, 9.17) is 0 Å². The van der Waals surface area contributed by atoms with E-state index in [0.717, 1.165) is 11.0 Å². The third kappa shape index (κ3) is 2.53. The van der Waals surface area contributed by atoms with Crippen LogP contribution in [0.4, 0.5) is 0 Å². The Bertz CT molecular complexity index is 721. The third-order valence-corrected chi connectivity index (χ3v) is 3.50. The lowest BCUT2D eigenvalue weighted by Gasteiger charge is -2.13. The number of thiazole rings is 1. The summed E-state index contributed by atoms with van der Waals surface area (Å²) in [6.45, 7) is 2.50. The number of hydrogen-bond acceptors (Lipinski definition) is 5. The van der Waals surface area contributed by atoms with Crippen LogP contribution in [0.3, 0.4) is 0 Å². The van der Waals surface area contributed by atoms with Crippen molar-refractivity contribution in [3.05, 3.63) is 40.8 Å². The molecule has 1 N–H and O–H groups in total. The summed E-state index contributed by atoms with van der Waals surface area (Å²) in [5.74, 6) is -0.164. The van der Waals surface area contributed by atoms with E-state index in [0.29, 0.717) is 12.2 Å². The molecule has 0 bridgehead atoms. The molecule has 2 heterocycles. The van der Waals surface area contributed by atoms with Crippen molar-refractivity contribution >= 4 is 28.3 Å². The van der Waals surface area contributed by atoms with Crippen molar-refractivity contribution in [3.63, 3.8) is 0 Å². The number of rotatable bonds is 4. The van der Waals surface area contributed by atoms with Gasteiger partial charge < -0.3 is 5.32 Å². The third-order valence-electron chi connectivity index (χ3n) is 2.91. The first-order chi connectivity index (χ1) is 9.74. The summed E-state index contributed by atoms with van der Waals surface area (Å²) in [5, 5.41) is 12.8. The molecule has 1 aromatic carbocycles. The number of nitrogens with zero attached hydrogens (tertiary/aromatic N) is 4. The van der Waals surface area contributed by atoms with Gasteiger partial charge in [0.2, 0.25) is 0 Å². The molecule has 0 radical (unpaired) electrons. The van der Waals surface area contributed by atoms with Gasteiger partial charge in [-0.2, -0.15) is 0 Å². The number of carbonyl (C=O) groups excluding carboxylic acids is 1. The lowest BCUT2D eigenvalue weighted by atomic mass is 10.3. The van der Waals surface area contributed by atoms with Crippen LogP contribution in [0.2, 0.25) is 0 Å². The number of amides is 1. The van der Waals surface area contributed by atoms with Crippen LogP contribution in [0.25, 0.3) is 11.0 Å². The van der Waals surface area contributed by atoms with E-state index in [9.17, 15) is 4.79 Å². The average Bonchev–Trinajstić information content (AvgIpc) is 3.09. The lowest BCUT2D eigenvalue weighted by Crippen LogP contribution is -2.36. The molecule has 3 rings (SSSR count). The van der Waals surface area contributed by atoms with E-state index >= 15 is 0 Å². The Morgan fingerprint density at radius 1 is 1.45 bits per heavy atom. The number of aromatic nitrogens is 4. The average molecular weight is 287 g/mol. The summed E-state index contributed by atoms with van der Waals surface area (Å²) in [6, 6.07) is 7.69. The van der Waals surface area contributed by atoms with Crippen molar-refractivity contribution in [1.82, 2.24) is 25.3 Å². The second-order valence-electron chi connectivity index (χ2n) is 4.51. The highest BCUT2D eigenvalue weighted by atomic mass is 32.1. The maximum atomic E-state index is 11.9. The van der Waals surface area contributed by atoms with Gasteiger partial charge in [-0.1, -0.05) is 17.3 Å². The van der Waals surface area contributed by atoms with Gasteiger partial charge in [-0.25, -0.2) is 9.67 Å². The van der Waals surface area contributed by atoms with Crippen molar-refractivity contribution in [2.24, 2.45) is 0 Å². The smallest absolute Gasteiger partial charge is 0.271 e. The minimum atomic E-state index is -0.164. The highest BCUT2D eigenvalue weighted by molar-refractivity contribution is 7.07. The molecule has 0 aliphatic heterocycles. The van der Waals surface area contributed by atoms with E-state index in [1.165, 1.54) is 11.3 Å². The van der Waals surface area contributed by atoms with Crippen molar-refractivity contribution < 1.29 is 4.79 Å². The molecule has 7 heteroatoms. The number of fused-ring (bicyclic) bond motifs is 1. The molecule has 2 aromatic heterocycles. The van der Waals surface area contributed by atoms with Gasteiger partial charge in [0.15, 0.2) is 0 Å². The summed E-state index contributed by atoms with van der Waals surface area (Å²) < 4.78 is 1.79. The van der Waals surface area contributed by atoms with Crippen molar-refractivity contribution in [3.8, 4) is 0 Å². The number of hydrogen-bond donors (Lipinski definition) is 1. The maximum absolute atomic E-state index is 11.9. The van der Waals surface area contributed by atoms with Gasteiger partial charge >= 0.3 is 0 Å². The predicted molar refractivity (Wildman–Crippen MR) is 76.6 cm³/mol. The van der Waals surface area contributed by atoms with Crippen LogP contribution < -0.4 is 5.32 Å². The molecule has 0 saturated carbocycles. The van der Waals surface area contributed by atoms with Gasteiger partial charge in [0.1, 0.15) is 11.2 Å². The Morgan fingerprint density at radius 2 is 2.30 bits per heavy atom. The number of benzene rings is 1. The van der Waals surface area contributed by atoms with Crippen LogP contribution in [0.1, 0.15) is 17.4 Å². The zero-order valence-corrected chi connectivity index (χ0v) is 11.7. The molecule has 102 valence electrons. The van der Waals surface area contributed by atoms with Gasteiger partial charge in [0, 0.05) is 11.4 Å². The standard InChI is InChI=1S/C13H13N5OS/c1-9(15-13(19)11-7-20-8-14-11)6-18-12-5-3-2-4-10(12)16-17-18/h2-5,7-9H,6H2,1H3,(H,15,19)/t9-/m0/s1. The van der Waals surface area contributed by atoms with Gasteiger partial charge in [0.25, 0.3) is 5.91 Å². The summed E-state index contributed by atoms with van der Waals surface area (Å²) in [5.41, 5.74) is 3.91. The Labute approximate surface area is 119 Å². The molecular weight excluding hydrogens is 274 g/mol. The second kappa shape index (κ2) is 5.38. The first-order valence-electron chi connectivity index (χ1n) is 6.21. The zero-order valence-electron chi connectivity index (χ0n) is 10.9. The van der Waals surface area contributed by atoms with Crippen molar-refractivity contribution in [2.45, 2.75) is 19.5 Å². The number of nitrogens with one attached hydrogen (secondary N) is 1. The van der Waals surface area contributed by atoms with Crippen molar-refractivity contribution in [2.75, 3.05) is 0 Å². The Morgan fingerprint density at radius 3 is 3.10 bits per heavy atom. The van der Waals surface area contributed by atoms with E-state index in [1.807, 2.05) is 31.2 Å². The van der Waals surface area contributed by atoms with Crippen LogP contribution in [0.5, 0.6) is 0 Å². The summed E-state index contributed by atoms with van der Waals surface area (Å²) in [6.07, 6.45) is 0. The van der Waals surface area contributed by atoms with Crippen LogP contribution in [0.15, 0.2) is 35.2 Å². The fourth-order valence-corrected chi connectivity index (χ4v) is 2.51. The molecule has 3 aromatic rings. The Kier molecular flexibility index (Phi) is 3.42. The Balaban J connectivity index is 1.70. The van der Waals surface area contributed by atoms with Gasteiger partial charge in [-0.05, 0) is 19.1 Å². The highest BCUT2D eigenvalue weighted by Crippen LogP contribution is 2.10. The molecular formula is C13H13N5OS. The largest absolute Gasteiger partial charge is 0.346 e. The first-order valence-corrected chi connectivity index (χ1v) is 7.15. The summed E-state index contributed by atoms with van der Waals surface area (Å²) in [7, 11) is 0.